The largest absolute Gasteiger partial charge is 0.495 e. The van der Waals surface area contributed by atoms with Crippen LogP contribution in [0.2, 0.25) is 0 Å². The zero-order valence-corrected chi connectivity index (χ0v) is 12.1. The van der Waals surface area contributed by atoms with E-state index in [1.807, 2.05) is 0 Å². The van der Waals surface area contributed by atoms with E-state index in [4.69, 9.17) is 0 Å². The summed E-state index contributed by atoms with van der Waals surface area (Å²) in [5.41, 5.74) is -1.66. The standard InChI is InChI=1S/C12H10BrF3O4/c1-3-20-11(18)9(17)7-4-6(13)5-8(10(7)19-2)12(14,15)16/h4-5H,3H2,1-2H3. The van der Waals surface area contributed by atoms with Gasteiger partial charge in [0.1, 0.15) is 5.75 Å². The Balaban J connectivity index is 3.43. The van der Waals surface area contributed by atoms with Crippen molar-refractivity contribution in [3.05, 3.63) is 27.7 Å². The van der Waals surface area contributed by atoms with Crippen LogP contribution in [0, 0.1) is 0 Å². The van der Waals surface area contributed by atoms with Gasteiger partial charge in [-0.05, 0) is 19.1 Å². The van der Waals surface area contributed by atoms with Crippen molar-refractivity contribution in [2.45, 2.75) is 13.1 Å². The lowest BCUT2D eigenvalue weighted by atomic mass is 10.0. The van der Waals surface area contributed by atoms with E-state index in [0.717, 1.165) is 19.2 Å². The van der Waals surface area contributed by atoms with Gasteiger partial charge in [0.05, 0.1) is 24.8 Å². The highest BCUT2D eigenvalue weighted by atomic mass is 79.9. The molecule has 0 N–H and O–H groups in total. The molecule has 0 aliphatic heterocycles. The summed E-state index contributed by atoms with van der Waals surface area (Å²) in [7, 11) is 0.987. The van der Waals surface area contributed by atoms with Gasteiger partial charge in [0.25, 0.3) is 5.78 Å². The number of carbonyl (C=O) groups excluding carboxylic acids is 2. The maximum atomic E-state index is 12.9. The van der Waals surface area contributed by atoms with Gasteiger partial charge in [-0.15, -0.1) is 0 Å². The fourth-order valence-corrected chi connectivity index (χ4v) is 1.96. The highest BCUT2D eigenvalue weighted by Crippen LogP contribution is 2.40. The van der Waals surface area contributed by atoms with Crippen molar-refractivity contribution in [3.63, 3.8) is 0 Å². The molecule has 0 aromatic heterocycles. The Morgan fingerprint density at radius 1 is 1.30 bits per heavy atom. The fraction of sp³-hybridized carbons (Fsp3) is 0.333. The molecule has 0 heterocycles. The molecular weight excluding hydrogens is 345 g/mol. The molecule has 1 aromatic rings. The average molecular weight is 355 g/mol. The number of hydrogen-bond donors (Lipinski definition) is 0. The molecule has 0 amide bonds. The number of alkyl halides is 3. The number of rotatable bonds is 4. The molecule has 0 aliphatic rings. The predicted octanol–water partition coefficient (Wildman–Crippen LogP) is 3.22. The molecular formula is C12H10BrF3O4. The first-order chi connectivity index (χ1) is 9.22. The number of esters is 1. The maximum Gasteiger partial charge on any atom is 0.420 e. The van der Waals surface area contributed by atoms with Gasteiger partial charge >= 0.3 is 12.1 Å². The first kappa shape index (κ1) is 16.5. The molecule has 4 nitrogen and oxygen atoms in total. The van der Waals surface area contributed by atoms with Crippen molar-refractivity contribution in [2.75, 3.05) is 13.7 Å². The third-order valence-corrected chi connectivity index (χ3v) is 2.73. The zero-order valence-electron chi connectivity index (χ0n) is 10.5. The summed E-state index contributed by atoms with van der Waals surface area (Å²) in [4.78, 5) is 23.2. The van der Waals surface area contributed by atoms with Crippen molar-refractivity contribution in [2.24, 2.45) is 0 Å². The van der Waals surface area contributed by atoms with Crippen molar-refractivity contribution in [1.29, 1.82) is 0 Å². The third-order valence-electron chi connectivity index (χ3n) is 2.27. The second-order valence-corrected chi connectivity index (χ2v) is 4.50. The van der Waals surface area contributed by atoms with Gasteiger partial charge in [0.15, 0.2) is 0 Å². The highest BCUT2D eigenvalue weighted by molar-refractivity contribution is 9.10. The van der Waals surface area contributed by atoms with Gasteiger partial charge in [-0.3, -0.25) is 4.79 Å². The van der Waals surface area contributed by atoms with Gasteiger partial charge in [-0.1, -0.05) is 15.9 Å². The number of benzene rings is 1. The molecule has 0 atom stereocenters. The average Bonchev–Trinajstić information content (AvgIpc) is 2.36. The monoisotopic (exact) mass is 354 g/mol. The van der Waals surface area contributed by atoms with E-state index in [9.17, 15) is 22.8 Å². The molecule has 0 saturated carbocycles. The first-order valence-electron chi connectivity index (χ1n) is 5.38. The Morgan fingerprint density at radius 3 is 2.35 bits per heavy atom. The Kier molecular flexibility index (Phi) is 5.15. The van der Waals surface area contributed by atoms with Crippen molar-refractivity contribution in [1.82, 2.24) is 0 Å². The summed E-state index contributed by atoms with van der Waals surface area (Å²) in [6.07, 6.45) is -4.72. The van der Waals surface area contributed by atoms with E-state index in [0.29, 0.717) is 0 Å². The number of hydrogen-bond acceptors (Lipinski definition) is 4. The fourth-order valence-electron chi connectivity index (χ4n) is 1.50. The van der Waals surface area contributed by atoms with Crippen LogP contribution in [0.15, 0.2) is 16.6 Å². The lowest BCUT2D eigenvalue weighted by molar-refractivity contribution is -0.139. The normalized spacial score (nSPS) is 11.1. The molecule has 0 unspecified atom stereocenters. The summed E-state index contributed by atoms with van der Waals surface area (Å²) in [6.45, 7) is 1.41. The van der Waals surface area contributed by atoms with Gasteiger partial charge in [-0.2, -0.15) is 13.2 Å². The molecule has 20 heavy (non-hydrogen) atoms. The Bertz CT molecular complexity index is 540. The minimum atomic E-state index is -4.72. The lowest BCUT2D eigenvalue weighted by Gasteiger charge is -2.15. The van der Waals surface area contributed by atoms with Crippen LogP contribution in [0.4, 0.5) is 13.2 Å². The van der Waals surface area contributed by atoms with E-state index < -0.39 is 34.8 Å². The topological polar surface area (TPSA) is 52.6 Å². The van der Waals surface area contributed by atoms with Crippen LogP contribution in [-0.2, 0) is 15.7 Å². The summed E-state index contributed by atoms with van der Waals surface area (Å²) in [5.74, 6) is -3.15. The molecule has 110 valence electrons. The maximum absolute atomic E-state index is 12.9. The summed E-state index contributed by atoms with van der Waals surface area (Å²) < 4.78 is 47.8. The van der Waals surface area contributed by atoms with Crippen molar-refractivity contribution in [3.8, 4) is 5.75 Å². The molecule has 1 rings (SSSR count). The van der Waals surface area contributed by atoms with Crippen LogP contribution in [0.25, 0.3) is 0 Å². The van der Waals surface area contributed by atoms with E-state index in [1.165, 1.54) is 6.92 Å². The lowest BCUT2D eigenvalue weighted by Crippen LogP contribution is -2.20. The molecule has 0 saturated heterocycles. The second-order valence-electron chi connectivity index (χ2n) is 3.58. The molecule has 0 aliphatic carbocycles. The van der Waals surface area contributed by atoms with Crippen molar-refractivity contribution < 1.29 is 32.2 Å². The number of halogens is 4. The smallest absolute Gasteiger partial charge is 0.420 e. The van der Waals surface area contributed by atoms with Crippen LogP contribution >= 0.6 is 15.9 Å². The number of Topliss-reactive ketones (excluding diaryl/α,β-unsaturated/α-hetero) is 1. The SMILES string of the molecule is CCOC(=O)C(=O)c1cc(Br)cc(C(F)(F)F)c1OC. The van der Waals surface area contributed by atoms with Gasteiger partial charge < -0.3 is 9.47 Å². The minimum absolute atomic E-state index is 0.00160. The molecule has 0 fully saturated rings. The predicted molar refractivity (Wildman–Crippen MR) is 66.7 cm³/mol. The molecule has 0 radical (unpaired) electrons. The number of carbonyl (C=O) groups is 2. The zero-order chi connectivity index (χ0) is 15.5. The van der Waals surface area contributed by atoms with Crippen LogP contribution < -0.4 is 4.74 Å². The van der Waals surface area contributed by atoms with Crippen LogP contribution in [0.5, 0.6) is 5.75 Å². The summed E-state index contributed by atoms with van der Waals surface area (Å²) >= 11 is 2.87. The molecule has 0 spiro atoms. The Hall–Kier alpha value is -1.57. The van der Waals surface area contributed by atoms with Crippen molar-refractivity contribution >= 4 is 27.7 Å². The van der Waals surface area contributed by atoms with Gasteiger partial charge in [0, 0.05) is 4.47 Å². The number of ketones is 1. The van der Waals surface area contributed by atoms with E-state index >= 15 is 0 Å². The minimum Gasteiger partial charge on any atom is -0.495 e. The van der Waals surface area contributed by atoms with Crippen LogP contribution in [-0.4, -0.2) is 25.5 Å². The first-order valence-corrected chi connectivity index (χ1v) is 6.17. The highest BCUT2D eigenvalue weighted by Gasteiger charge is 2.37. The van der Waals surface area contributed by atoms with Crippen LogP contribution in [0.3, 0.4) is 0 Å². The summed E-state index contributed by atoms with van der Waals surface area (Å²) in [5, 5.41) is 0. The Labute approximate surface area is 121 Å². The van der Waals surface area contributed by atoms with Gasteiger partial charge in [0.2, 0.25) is 0 Å². The van der Waals surface area contributed by atoms with E-state index in [2.05, 4.69) is 25.4 Å². The number of methoxy groups -OCH3 is 1. The quantitative estimate of drug-likeness (QED) is 0.473. The molecule has 8 heteroatoms. The molecule has 1 aromatic carbocycles. The third kappa shape index (κ3) is 3.50. The molecule has 0 bridgehead atoms. The summed E-state index contributed by atoms with van der Waals surface area (Å²) in [6, 6.07) is 1.84. The number of ether oxygens (including phenoxy) is 2. The van der Waals surface area contributed by atoms with Crippen LogP contribution in [0.1, 0.15) is 22.8 Å². The van der Waals surface area contributed by atoms with Gasteiger partial charge in [-0.25, -0.2) is 4.79 Å². The van der Waals surface area contributed by atoms with E-state index in [-0.39, 0.29) is 11.1 Å². The Morgan fingerprint density at radius 2 is 1.90 bits per heavy atom. The van der Waals surface area contributed by atoms with E-state index in [1.54, 1.807) is 0 Å². The second kappa shape index (κ2) is 6.25.